The minimum atomic E-state index is -0.299. The Kier molecular flexibility index (Phi) is 5.43. The number of rotatable bonds is 4. The van der Waals surface area contributed by atoms with Crippen LogP contribution in [0, 0.1) is 0 Å². The summed E-state index contributed by atoms with van der Waals surface area (Å²) in [4.78, 5) is 27.1. The Morgan fingerprint density at radius 2 is 1.71 bits per heavy atom. The minimum Gasteiger partial charge on any atom is -0.450 e. The van der Waals surface area contributed by atoms with Crippen molar-refractivity contribution in [2.24, 2.45) is 0 Å². The summed E-state index contributed by atoms with van der Waals surface area (Å²) in [6, 6.07) is 9.62. The number of benzene rings is 1. The Morgan fingerprint density at radius 1 is 1.10 bits per heavy atom. The van der Waals surface area contributed by atoms with E-state index in [9.17, 15) is 9.59 Å². The Balaban J connectivity index is 1.74. The summed E-state index contributed by atoms with van der Waals surface area (Å²) in [6.45, 7) is 4.57. The Hall–Kier alpha value is -2.24. The van der Waals surface area contributed by atoms with Crippen molar-refractivity contribution in [3.05, 3.63) is 30.3 Å². The van der Waals surface area contributed by atoms with Crippen molar-refractivity contribution in [3.8, 4) is 0 Å². The molecule has 1 heterocycles. The molecule has 6 nitrogen and oxygen atoms in total. The molecule has 6 heteroatoms. The summed E-state index contributed by atoms with van der Waals surface area (Å²) in [5.74, 6) is 0.0439. The molecule has 1 aliphatic rings. The van der Waals surface area contributed by atoms with Crippen LogP contribution in [0.15, 0.2) is 30.3 Å². The number of hydrogen-bond donors (Lipinski definition) is 1. The highest BCUT2D eigenvalue weighted by Crippen LogP contribution is 2.07. The normalized spacial score (nSPS) is 14.7. The molecule has 0 saturated carbocycles. The van der Waals surface area contributed by atoms with Crippen LogP contribution in [0.3, 0.4) is 0 Å². The Labute approximate surface area is 124 Å². The van der Waals surface area contributed by atoms with E-state index in [1.165, 1.54) is 0 Å². The fourth-order valence-electron chi connectivity index (χ4n) is 2.20. The van der Waals surface area contributed by atoms with Crippen molar-refractivity contribution in [1.82, 2.24) is 9.80 Å². The highest BCUT2D eigenvalue weighted by atomic mass is 16.6. The molecule has 2 rings (SSSR count). The number of carbonyl (C=O) groups excluding carboxylic acids is 2. The van der Waals surface area contributed by atoms with Crippen LogP contribution in [-0.4, -0.2) is 61.1 Å². The first-order valence-corrected chi connectivity index (χ1v) is 7.19. The van der Waals surface area contributed by atoms with Crippen molar-refractivity contribution in [2.45, 2.75) is 6.92 Å². The van der Waals surface area contributed by atoms with Gasteiger partial charge in [-0.3, -0.25) is 4.79 Å². The maximum Gasteiger partial charge on any atom is 0.409 e. The molecule has 1 saturated heterocycles. The zero-order chi connectivity index (χ0) is 15.1. The molecule has 1 aromatic rings. The fraction of sp³-hybridized carbons (Fsp3) is 0.467. The van der Waals surface area contributed by atoms with Crippen LogP contribution in [-0.2, 0) is 9.53 Å². The predicted molar refractivity (Wildman–Crippen MR) is 80.1 cm³/mol. The van der Waals surface area contributed by atoms with Gasteiger partial charge < -0.3 is 19.9 Å². The summed E-state index contributed by atoms with van der Waals surface area (Å²) >= 11 is 0. The lowest BCUT2D eigenvalue weighted by Gasteiger charge is -2.34. The Morgan fingerprint density at radius 3 is 2.33 bits per heavy atom. The first-order valence-electron chi connectivity index (χ1n) is 7.19. The number of ether oxygens (including phenoxy) is 1. The van der Waals surface area contributed by atoms with Crippen LogP contribution in [0.4, 0.5) is 10.5 Å². The van der Waals surface area contributed by atoms with E-state index in [4.69, 9.17) is 4.74 Å². The van der Waals surface area contributed by atoms with Gasteiger partial charge >= 0.3 is 6.09 Å². The summed E-state index contributed by atoms with van der Waals surface area (Å²) in [5, 5.41) is 3.10. The lowest BCUT2D eigenvalue weighted by atomic mass is 10.3. The van der Waals surface area contributed by atoms with Crippen molar-refractivity contribution in [2.75, 3.05) is 44.6 Å². The molecule has 1 aliphatic heterocycles. The average molecular weight is 291 g/mol. The number of amides is 2. The Bertz CT molecular complexity index is 470. The number of hydrogen-bond acceptors (Lipinski definition) is 4. The van der Waals surface area contributed by atoms with Gasteiger partial charge in [0, 0.05) is 31.9 Å². The van der Waals surface area contributed by atoms with Gasteiger partial charge in [-0.25, -0.2) is 4.79 Å². The van der Waals surface area contributed by atoms with E-state index < -0.39 is 0 Å². The summed E-state index contributed by atoms with van der Waals surface area (Å²) < 4.78 is 4.95. The molecule has 0 aromatic heterocycles. The van der Waals surface area contributed by atoms with Gasteiger partial charge in [0.2, 0.25) is 5.91 Å². The van der Waals surface area contributed by atoms with Crippen molar-refractivity contribution in [3.63, 3.8) is 0 Å². The van der Waals surface area contributed by atoms with Crippen molar-refractivity contribution < 1.29 is 14.3 Å². The lowest BCUT2D eigenvalue weighted by molar-refractivity contribution is -0.130. The number of nitrogens with zero attached hydrogens (tertiary/aromatic N) is 2. The lowest BCUT2D eigenvalue weighted by Crippen LogP contribution is -2.51. The fourth-order valence-corrected chi connectivity index (χ4v) is 2.20. The van der Waals surface area contributed by atoms with Crippen LogP contribution in [0.5, 0.6) is 0 Å². The molecule has 1 aromatic carbocycles. The molecule has 0 unspecified atom stereocenters. The van der Waals surface area contributed by atoms with Gasteiger partial charge in [0.1, 0.15) is 0 Å². The van der Waals surface area contributed by atoms with Gasteiger partial charge in [0.15, 0.2) is 0 Å². The topological polar surface area (TPSA) is 61.9 Å². The SMILES string of the molecule is CCOC(=O)N1CCN(C(=O)CNc2ccccc2)CC1. The quantitative estimate of drug-likeness (QED) is 0.911. The second kappa shape index (κ2) is 7.52. The van der Waals surface area contributed by atoms with Crippen molar-refractivity contribution in [1.29, 1.82) is 0 Å². The van der Waals surface area contributed by atoms with E-state index in [1.54, 1.807) is 16.7 Å². The molecule has 0 atom stereocenters. The molecule has 21 heavy (non-hydrogen) atoms. The maximum atomic E-state index is 12.1. The molecule has 0 radical (unpaired) electrons. The minimum absolute atomic E-state index is 0.0439. The third-order valence-electron chi connectivity index (χ3n) is 3.38. The molecule has 0 aliphatic carbocycles. The molecule has 2 amide bonds. The first kappa shape index (κ1) is 15.2. The molecule has 0 spiro atoms. The number of anilines is 1. The van der Waals surface area contributed by atoms with Crippen LogP contribution >= 0.6 is 0 Å². The van der Waals surface area contributed by atoms with E-state index in [2.05, 4.69) is 5.32 Å². The van der Waals surface area contributed by atoms with Gasteiger partial charge in [0.05, 0.1) is 13.2 Å². The van der Waals surface area contributed by atoms with Crippen LogP contribution in [0.1, 0.15) is 6.92 Å². The molecule has 1 N–H and O–H groups in total. The predicted octanol–water partition coefficient (Wildman–Crippen LogP) is 1.40. The van der Waals surface area contributed by atoms with E-state index in [0.29, 0.717) is 32.8 Å². The van der Waals surface area contributed by atoms with Gasteiger partial charge in [-0.15, -0.1) is 0 Å². The van der Waals surface area contributed by atoms with E-state index in [1.807, 2.05) is 30.3 Å². The first-order chi connectivity index (χ1) is 10.2. The zero-order valence-electron chi connectivity index (χ0n) is 12.2. The van der Waals surface area contributed by atoms with E-state index in [-0.39, 0.29) is 18.5 Å². The highest BCUT2D eigenvalue weighted by Gasteiger charge is 2.24. The third-order valence-corrected chi connectivity index (χ3v) is 3.38. The highest BCUT2D eigenvalue weighted by molar-refractivity contribution is 5.81. The maximum absolute atomic E-state index is 12.1. The second-order valence-corrected chi connectivity index (χ2v) is 4.79. The van der Waals surface area contributed by atoms with E-state index in [0.717, 1.165) is 5.69 Å². The summed E-state index contributed by atoms with van der Waals surface area (Å²) in [6.07, 6.45) is -0.299. The second-order valence-electron chi connectivity index (χ2n) is 4.79. The largest absolute Gasteiger partial charge is 0.450 e. The summed E-state index contributed by atoms with van der Waals surface area (Å²) in [7, 11) is 0. The van der Waals surface area contributed by atoms with Crippen LogP contribution in [0.2, 0.25) is 0 Å². The van der Waals surface area contributed by atoms with Gasteiger partial charge in [-0.2, -0.15) is 0 Å². The molecule has 114 valence electrons. The summed E-state index contributed by atoms with van der Waals surface area (Å²) in [5.41, 5.74) is 0.927. The number of carbonyl (C=O) groups is 2. The van der Waals surface area contributed by atoms with Gasteiger partial charge in [-0.1, -0.05) is 18.2 Å². The number of para-hydroxylation sites is 1. The number of nitrogens with one attached hydrogen (secondary N) is 1. The zero-order valence-corrected chi connectivity index (χ0v) is 12.2. The van der Waals surface area contributed by atoms with Gasteiger partial charge in [0.25, 0.3) is 0 Å². The molecule has 1 fully saturated rings. The van der Waals surface area contributed by atoms with Gasteiger partial charge in [-0.05, 0) is 19.1 Å². The third kappa shape index (κ3) is 4.37. The van der Waals surface area contributed by atoms with E-state index >= 15 is 0 Å². The van der Waals surface area contributed by atoms with Crippen molar-refractivity contribution >= 4 is 17.7 Å². The molecular weight excluding hydrogens is 270 g/mol. The average Bonchev–Trinajstić information content (AvgIpc) is 2.54. The monoisotopic (exact) mass is 291 g/mol. The molecule has 0 bridgehead atoms. The number of piperazine rings is 1. The standard InChI is InChI=1S/C15H21N3O3/c1-2-21-15(20)18-10-8-17(9-11-18)14(19)12-16-13-6-4-3-5-7-13/h3-7,16H,2,8-12H2,1H3. The van der Waals surface area contributed by atoms with Crippen LogP contribution < -0.4 is 5.32 Å². The smallest absolute Gasteiger partial charge is 0.409 e. The van der Waals surface area contributed by atoms with Crippen LogP contribution in [0.25, 0.3) is 0 Å². The molecular formula is C15H21N3O3.